The molecule has 3 unspecified atom stereocenters. The summed E-state index contributed by atoms with van der Waals surface area (Å²) in [6, 6.07) is 10.2. The summed E-state index contributed by atoms with van der Waals surface area (Å²) < 4.78 is 6.65. The van der Waals surface area contributed by atoms with E-state index >= 15 is 0 Å². The van der Waals surface area contributed by atoms with Gasteiger partial charge in [0.25, 0.3) is 0 Å². The van der Waals surface area contributed by atoms with Gasteiger partial charge in [0.05, 0.1) is 36.1 Å². The molecule has 0 radical (unpaired) electrons. The molecule has 1 aromatic carbocycles. The molecule has 0 amide bonds. The molecule has 3 atom stereocenters. The molecule has 2 aromatic rings. The van der Waals surface area contributed by atoms with Crippen LogP contribution in [0.2, 0.25) is 0 Å². The van der Waals surface area contributed by atoms with Crippen molar-refractivity contribution in [3.8, 4) is 12.1 Å². The molecule has 2 aliphatic heterocycles. The molecule has 3 heterocycles. The third kappa shape index (κ3) is 3.06. The van der Waals surface area contributed by atoms with Crippen LogP contribution in [0.5, 0.6) is 0 Å². The number of benzene rings is 1. The number of rotatable bonds is 2. The minimum atomic E-state index is -0.503. The van der Waals surface area contributed by atoms with Crippen molar-refractivity contribution in [2.45, 2.75) is 12.0 Å². The zero-order valence-electron chi connectivity index (χ0n) is 14.7. The first-order chi connectivity index (χ1) is 13.1. The highest BCUT2D eigenvalue weighted by atomic mass is 79.9. The second-order valence-corrected chi connectivity index (χ2v) is 7.53. The number of likely N-dealkylation sites (N-methyl/N-ethyl adjacent to an activating group) is 1. The van der Waals surface area contributed by atoms with Gasteiger partial charge in [-0.25, -0.2) is 4.99 Å². The van der Waals surface area contributed by atoms with Crippen LogP contribution >= 0.6 is 15.9 Å². The van der Waals surface area contributed by atoms with Crippen molar-refractivity contribution in [1.29, 1.82) is 10.5 Å². The highest BCUT2D eigenvalue weighted by Gasteiger charge is 2.41. The van der Waals surface area contributed by atoms with Crippen molar-refractivity contribution in [1.82, 2.24) is 15.1 Å². The average Bonchev–Trinajstić information content (AvgIpc) is 3.15. The van der Waals surface area contributed by atoms with Crippen LogP contribution < -0.4 is 0 Å². The summed E-state index contributed by atoms with van der Waals surface area (Å²) in [5, 5.41) is 26.5. The lowest BCUT2D eigenvalue weighted by Crippen LogP contribution is -2.47. The molecule has 1 N–H and O–H groups in total. The number of H-pyrrole nitrogens is 1. The molecule has 7 nitrogen and oxygen atoms in total. The van der Waals surface area contributed by atoms with E-state index in [2.05, 4.69) is 43.2 Å². The van der Waals surface area contributed by atoms with Gasteiger partial charge in [0.2, 0.25) is 0 Å². The monoisotopic (exact) mass is 424 g/mol. The second kappa shape index (κ2) is 7.24. The van der Waals surface area contributed by atoms with Gasteiger partial charge >= 0.3 is 0 Å². The number of fused-ring (bicyclic) bond motifs is 1. The predicted molar refractivity (Wildman–Crippen MR) is 103 cm³/mol. The van der Waals surface area contributed by atoms with Gasteiger partial charge < -0.3 is 9.64 Å². The summed E-state index contributed by atoms with van der Waals surface area (Å²) in [4.78, 5) is 6.88. The standard InChI is InChI=1S/C19H17BrN6O/c1-26-5-6-27-15(10-26)18-13(8-22)16(14-9-23-25-19(14)24-18)12-4-2-3-11(7-21)17(12)20/h2-4,9,13,15-16H,5-6,10H2,1H3,(H,23,25). The summed E-state index contributed by atoms with van der Waals surface area (Å²) in [7, 11) is 2.03. The van der Waals surface area contributed by atoms with Crippen LogP contribution in [0, 0.1) is 28.6 Å². The topological polar surface area (TPSA) is 101 Å². The number of nitrogens with zero attached hydrogens (tertiary/aromatic N) is 5. The number of halogens is 1. The van der Waals surface area contributed by atoms with E-state index in [1.165, 1.54) is 0 Å². The van der Waals surface area contributed by atoms with Gasteiger partial charge in [-0.1, -0.05) is 12.1 Å². The number of aliphatic imine (C=N–C) groups is 1. The number of ether oxygens (including phenoxy) is 1. The van der Waals surface area contributed by atoms with Crippen LogP contribution in [0.15, 0.2) is 33.9 Å². The summed E-state index contributed by atoms with van der Waals surface area (Å²) in [6.07, 6.45) is 1.47. The van der Waals surface area contributed by atoms with Crippen molar-refractivity contribution < 1.29 is 4.74 Å². The number of nitriles is 2. The number of nitrogens with one attached hydrogen (secondary N) is 1. The molecule has 136 valence electrons. The lowest BCUT2D eigenvalue weighted by Gasteiger charge is -2.36. The van der Waals surface area contributed by atoms with Crippen molar-refractivity contribution in [3.05, 3.63) is 45.6 Å². The van der Waals surface area contributed by atoms with E-state index in [4.69, 9.17) is 9.73 Å². The normalized spacial score (nSPS) is 25.2. The molecule has 0 saturated carbocycles. The first-order valence-corrected chi connectivity index (χ1v) is 9.43. The van der Waals surface area contributed by atoms with E-state index in [1.54, 1.807) is 12.3 Å². The molecule has 1 aromatic heterocycles. The Labute approximate surface area is 165 Å². The van der Waals surface area contributed by atoms with Gasteiger partial charge in [-0.3, -0.25) is 5.10 Å². The van der Waals surface area contributed by atoms with Gasteiger partial charge in [-0.15, -0.1) is 0 Å². The molecule has 2 aliphatic rings. The maximum Gasteiger partial charge on any atom is 0.151 e. The van der Waals surface area contributed by atoms with E-state index in [9.17, 15) is 10.5 Å². The number of morpholine rings is 1. The number of hydrogen-bond acceptors (Lipinski definition) is 6. The van der Waals surface area contributed by atoms with Crippen LogP contribution in [-0.2, 0) is 4.74 Å². The SMILES string of the molecule is CN1CCOC(C2=Nc3[nH]ncc3C(c3cccc(C#N)c3Br)C2C#N)C1. The van der Waals surface area contributed by atoms with Gasteiger partial charge in [0, 0.05) is 29.0 Å². The Bertz CT molecular complexity index is 985. The highest BCUT2D eigenvalue weighted by Crippen LogP contribution is 2.44. The van der Waals surface area contributed by atoms with Crippen LogP contribution in [-0.4, -0.2) is 53.7 Å². The Morgan fingerprint density at radius 1 is 1.33 bits per heavy atom. The molecule has 0 bridgehead atoms. The van der Waals surface area contributed by atoms with Crippen molar-refractivity contribution in [2.75, 3.05) is 26.7 Å². The molecule has 4 rings (SSSR count). The molecular formula is C19H17BrN6O. The Hall–Kier alpha value is -2.52. The van der Waals surface area contributed by atoms with Crippen LogP contribution in [0.1, 0.15) is 22.6 Å². The first kappa shape index (κ1) is 17.9. The minimum Gasteiger partial charge on any atom is -0.370 e. The summed E-state index contributed by atoms with van der Waals surface area (Å²) in [5.41, 5.74) is 2.97. The Kier molecular flexibility index (Phi) is 4.79. The molecule has 8 heteroatoms. The summed E-state index contributed by atoms with van der Waals surface area (Å²) in [6.45, 7) is 2.15. The quantitative estimate of drug-likeness (QED) is 0.798. The van der Waals surface area contributed by atoms with Crippen molar-refractivity contribution in [2.24, 2.45) is 10.9 Å². The van der Waals surface area contributed by atoms with Crippen LogP contribution in [0.25, 0.3) is 0 Å². The Balaban J connectivity index is 1.85. The number of aromatic nitrogens is 2. The molecule has 1 fully saturated rings. The number of hydrogen-bond donors (Lipinski definition) is 1. The Morgan fingerprint density at radius 2 is 2.19 bits per heavy atom. The second-order valence-electron chi connectivity index (χ2n) is 6.74. The highest BCUT2D eigenvalue weighted by molar-refractivity contribution is 9.10. The first-order valence-electron chi connectivity index (χ1n) is 8.64. The molecule has 0 aliphatic carbocycles. The fourth-order valence-corrected chi connectivity index (χ4v) is 4.35. The minimum absolute atomic E-state index is 0.245. The van der Waals surface area contributed by atoms with Gasteiger partial charge in [-0.05, 0) is 34.6 Å². The maximum absolute atomic E-state index is 10.1. The fraction of sp³-hybridized carbons (Fsp3) is 0.368. The van der Waals surface area contributed by atoms with Crippen molar-refractivity contribution >= 4 is 27.5 Å². The number of aromatic amines is 1. The van der Waals surface area contributed by atoms with Gasteiger partial charge in [-0.2, -0.15) is 15.6 Å². The van der Waals surface area contributed by atoms with Gasteiger partial charge in [0.15, 0.2) is 5.82 Å². The predicted octanol–water partition coefficient (Wildman–Crippen LogP) is 2.73. The van der Waals surface area contributed by atoms with E-state index < -0.39 is 5.92 Å². The third-order valence-electron chi connectivity index (χ3n) is 5.10. The molecule has 1 saturated heterocycles. The third-order valence-corrected chi connectivity index (χ3v) is 5.98. The van der Waals surface area contributed by atoms with Crippen molar-refractivity contribution in [3.63, 3.8) is 0 Å². The molecule has 27 heavy (non-hydrogen) atoms. The Morgan fingerprint density at radius 3 is 2.93 bits per heavy atom. The maximum atomic E-state index is 10.1. The largest absolute Gasteiger partial charge is 0.370 e. The zero-order valence-corrected chi connectivity index (χ0v) is 16.3. The van der Waals surface area contributed by atoms with E-state index in [0.29, 0.717) is 34.7 Å². The summed E-state index contributed by atoms with van der Waals surface area (Å²) in [5.74, 6) is -0.140. The van der Waals surface area contributed by atoms with Crippen LogP contribution in [0.4, 0.5) is 5.82 Å². The van der Waals surface area contributed by atoms with E-state index in [-0.39, 0.29) is 12.0 Å². The van der Waals surface area contributed by atoms with E-state index in [1.807, 2.05) is 19.2 Å². The zero-order chi connectivity index (χ0) is 19.0. The van der Waals surface area contributed by atoms with Gasteiger partial charge in [0.1, 0.15) is 12.2 Å². The smallest absolute Gasteiger partial charge is 0.151 e. The fourth-order valence-electron chi connectivity index (χ4n) is 3.75. The summed E-state index contributed by atoms with van der Waals surface area (Å²) >= 11 is 3.56. The molecular weight excluding hydrogens is 408 g/mol. The molecule has 0 spiro atoms. The lowest BCUT2D eigenvalue weighted by atomic mass is 9.76. The van der Waals surface area contributed by atoms with Crippen LogP contribution in [0.3, 0.4) is 0 Å². The average molecular weight is 425 g/mol. The lowest BCUT2D eigenvalue weighted by molar-refractivity contribution is 0.0153. The van der Waals surface area contributed by atoms with E-state index in [0.717, 1.165) is 17.7 Å².